The molecule has 0 heterocycles. The largest absolute Gasteiger partial charge is 0.348 e. The molecule has 30 heavy (non-hydrogen) atoms. The Morgan fingerprint density at radius 1 is 0.933 bits per heavy atom. The van der Waals surface area contributed by atoms with E-state index in [4.69, 9.17) is 23.2 Å². The molecule has 8 heteroatoms. The highest BCUT2D eigenvalue weighted by atomic mass is 35.5. The zero-order chi connectivity index (χ0) is 21.7. The minimum Gasteiger partial charge on any atom is -0.348 e. The maximum Gasteiger partial charge on any atom is 0.264 e. The number of carbonyl (C=O) groups is 1. The van der Waals surface area contributed by atoms with Crippen molar-refractivity contribution >= 4 is 44.8 Å². The van der Waals surface area contributed by atoms with Crippen LogP contribution in [0.25, 0.3) is 0 Å². The summed E-state index contributed by atoms with van der Waals surface area (Å²) in [5.41, 5.74) is 1.04. The number of nitrogens with one attached hydrogen (secondary N) is 1. The van der Waals surface area contributed by atoms with Crippen LogP contribution in [0.4, 0.5) is 5.69 Å². The predicted molar refractivity (Wildman–Crippen MR) is 120 cm³/mol. The molecule has 0 unspecified atom stereocenters. The van der Waals surface area contributed by atoms with Gasteiger partial charge in [-0.3, -0.25) is 9.10 Å². The van der Waals surface area contributed by atoms with Crippen molar-refractivity contribution in [2.45, 2.75) is 17.9 Å². The van der Waals surface area contributed by atoms with Crippen molar-refractivity contribution in [1.82, 2.24) is 5.32 Å². The minimum atomic E-state index is -4.06. The zero-order valence-electron chi connectivity index (χ0n) is 16.1. The highest BCUT2D eigenvalue weighted by Gasteiger charge is 2.29. The number of hydrogen-bond acceptors (Lipinski definition) is 3. The van der Waals surface area contributed by atoms with Crippen LogP contribution in [0.2, 0.25) is 10.0 Å². The quantitative estimate of drug-likeness (QED) is 0.532. The van der Waals surface area contributed by atoms with Gasteiger partial charge in [0.1, 0.15) is 6.54 Å². The van der Waals surface area contributed by atoms with Gasteiger partial charge in [0.25, 0.3) is 10.0 Å². The van der Waals surface area contributed by atoms with Crippen LogP contribution < -0.4 is 9.62 Å². The van der Waals surface area contributed by atoms with Crippen molar-refractivity contribution in [1.29, 1.82) is 0 Å². The van der Waals surface area contributed by atoms with Crippen molar-refractivity contribution in [2.75, 3.05) is 10.8 Å². The van der Waals surface area contributed by atoms with Crippen LogP contribution in [0, 0.1) is 0 Å². The smallest absolute Gasteiger partial charge is 0.264 e. The van der Waals surface area contributed by atoms with Crippen LogP contribution in [0.1, 0.15) is 18.5 Å². The van der Waals surface area contributed by atoms with Crippen molar-refractivity contribution < 1.29 is 13.2 Å². The maximum atomic E-state index is 13.3. The van der Waals surface area contributed by atoms with E-state index in [0.717, 1.165) is 9.87 Å². The van der Waals surface area contributed by atoms with Gasteiger partial charge in [-0.05, 0) is 36.8 Å². The van der Waals surface area contributed by atoms with Crippen LogP contribution >= 0.6 is 23.2 Å². The second-order valence-electron chi connectivity index (χ2n) is 6.60. The molecule has 0 saturated carbocycles. The topological polar surface area (TPSA) is 66.5 Å². The molecule has 3 rings (SSSR count). The first-order valence-corrected chi connectivity index (χ1v) is 11.4. The summed E-state index contributed by atoms with van der Waals surface area (Å²) in [6.07, 6.45) is 0. The van der Waals surface area contributed by atoms with E-state index in [1.54, 1.807) is 30.3 Å². The zero-order valence-corrected chi connectivity index (χ0v) is 18.5. The van der Waals surface area contributed by atoms with Gasteiger partial charge in [0, 0.05) is 0 Å². The van der Waals surface area contributed by atoms with Crippen molar-refractivity contribution in [3.8, 4) is 0 Å². The first kappa shape index (κ1) is 22.2. The third kappa shape index (κ3) is 4.95. The fourth-order valence-corrected chi connectivity index (χ4v) is 4.85. The van der Waals surface area contributed by atoms with Gasteiger partial charge in [-0.15, -0.1) is 0 Å². The fraction of sp³-hybridized carbons (Fsp3) is 0.136. The number of benzene rings is 3. The monoisotopic (exact) mass is 462 g/mol. The Morgan fingerprint density at radius 3 is 2.17 bits per heavy atom. The first-order chi connectivity index (χ1) is 14.3. The van der Waals surface area contributed by atoms with Gasteiger partial charge in [-0.2, -0.15) is 0 Å². The van der Waals surface area contributed by atoms with Crippen molar-refractivity contribution in [3.63, 3.8) is 0 Å². The Hall–Kier alpha value is -2.54. The molecule has 0 fully saturated rings. The molecule has 0 aliphatic rings. The van der Waals surface area contributed by atoms with E-state index in [0.29, 0.717) is 0 Å². The average molecular weight is 463 g/mol. The lowest BCUT2D eigenvalue weighted by Crippen LogP contribution is -2.41. The van der Waals surface area contributed by atoms with Gasteiger partial charge in [0.15, 0.2) is 0 Å². The molecule has 3 aromatic rings. The molecular formula is C22H20Cl2N2O3S. The second kappa shape index (κ2) is 9.51. The van der Waals surface area contributed by atoms with Crippen LogP contribution in [-0.4, -0.2) is 20.9 Å². The minimum absolute atomic E-state index is 0.0463. The number of amides is 1. The molecule has 1 amide bonds. The SMILES string of the molecule is C[C@H](NC(=O)CN(c1cccc(Cl)c1Cl)S(=O)(=O)c1ccccc1)c1ccccc1. The Balaban J connectivity index is 1.94. The van der Waals surface area contributed by atoms with E-state index in [2.05, 4.69) is 5.32 Å². The normalized spacial score (nSPS) is 12.2. The Kier molecular flexibility index (Phi) is 7.02. The summed E-state index contributed by atoms with van der Waals surface area (Å²) in [5, 5.41) is 3.09. The van der Waals surface area contributed by atoms with Crippen molar-refractivity contribution in [2.24, 2.45) is 0 Å². The molecule has 0 saturated heterocycles. The lowest BCUT2D eigenvalue weighted by Gasteiger charge is -2.26. The van der Waals surface area contributed by atoms with Gasteiger partial charge in [0.2, 0.25) is 5.91 Å². The Bertz CT molecular complexity index is 1120. The van der Waals surface area contributed by atoms with E-state index in [1.165, 1.54) is 18.2 Å². The maximum absolute atomic E-state index is 13.3. The summed E-state index contributed by atoms with van der Waals surface area (Å²) in [6.45, 7) is 1.38. The van der Waals surface area contributed by atoms with Crippen LogP contribution in [0.15, 0.2) is 83.8 Å². The summed E-state index contributed by atoms with van der Waals surface area (Å²) >= 11 is 12.4. The molecule has 3 aromatic carbocycles. The third-order valence-electron chi connectivity index (χ3n) is 4.50. The van der Waals surface area contributed by atoms with E-state index in [-0.39, 0.29) is 26.7 Å². The highest BCUT2D eigenvalue weighted by Crippen LogP contribution is 2.35. The molecule has 0 aliphatic heterocycles. The van der Waals surface area contributed by atoms with Crippen LogP contribution in [0.5, 0.6) is 0 Å². The van der Waals surface area contributed by atoms with Crippen molar-refractivity contribution in [3.05, 3.63) is 94.5 Å². The standard InChI is InChI=1S/C22H20Cl2N2O3S/c1-16(17-9-4-2-5-10-17)25-21(27)15-26(20-14-8-13-19(23)22(20)24)30(28,29)18-11-6-3-7-12-18/h2-14,16H,15H2,1H3,(H,25,27)/t16-/m0/s1. The summed E-state index contributed by atoms with van der Waals surface area (Å²) in [6, 6.07) is 21.6. The summed E-state index contributed by atoms with van der Waals surface area (Å²) in [5.74, 6) is -0.470. The number of anilines is 1. The fourth-order valence-electron chi connectivity index (χ4n) is 2.95. The molecule has 1 N–H and O–H groups in total. The van der Waals surface area contributed by atoms with E-state index in [1.807, 2.05) is 37.3 Å². The van der Waals surface area contributed by atoms with Gasteiger partial charge in [-0.1, -0.05) is 77.8 Å². The van der Waals surface area contributed by atoms with Gasteiger partial charge >= 0.3 is 0 Å². The highest BCUT2D eigenvalue weighted by molar-refractivity contribution is 7.92. The molecule has 156 valence electrons. The summed E-state index contributed by atoms with van der Waals surface area (Å²) < 4.78 is 27.6. The van der Waals surface area contributed by atoms with Crippen LogP contribution in [-0.2, 0) is 14.8 Å². The Morgan fingerprint density at radius 2 is 1.53 bits per heavy atom. The number of hydrogen-bond donors (Lipinski definition) is 1. The summed E-state index contributed by atoms with van der Waals surface area (Å²) in [4.78, 5) is 12.8. The lowest BCUT2D eigenvalue weighted by molar-refractivity contribution is -0.120. The van der Waals surface area contributed by atoms with E-state index in [9.17, 15) is 13.2 Å². The average Bonchev–Trinajstić information content (AvgIpc) is 2.75. The number of rotatable bonds is 7. The number of sulfonamides is 1. The number of halogens is 2. The number of nitrogens with zero attached hydrogens (tertiary/aromatic N) is 1. The van der Waals surface area contributed by atoms with E-state index >= 15 is 0 Å². The van der Waals surface area contributed by atoms with E-state index < -0.39 is 22.5 Å². The second-order valence-corrected chi connectivity index (χ2v) is 9.25. The molecule has 0 bridgehead atoms. The third-order valence-corrected chi connectivity index (χ3v) is 7.08. The molecule has 0 aromatic heterocycles. The lowest BCUT2D eigenvalue weighted by atomic mass is 10.1. The predicted octanol–water partition coefficient (Wildman–Crippen LogP) is 5.07. The molecular weight excluding hydrogens is 443 g/mol. The first-order valence-electron chi connectivity index (χ1n) is 9.17. The summed E-state index contributed by atoms with van der Waals surface area (Å²) in [7, 11) is -4.06. The van der Waals surface area contributed by atoms with Crippen LogP contribution in [0.3, 0.4) is 0 Å². The Labute approximate surface area is 186 Å². The van der Waals surface area contributed by atoms with Gasteiger partial charge < -0.3 is 5.32 Å². The van der Waals surface area contributed by atoms with Gasteiger partial charge in [-0.25, -0.2) is 8.42 Å². The molecule has 5 nitrogen and oxygen atoms in total. The number of carbonyl (C=O) groups excluding carboxylic acids is 1. The molecule has 0 radical (unpaired) electrons. The molecule has 0 aliphatic carbocycles. The van der Waals surface area contributed by atoms with Gasteiger partial charge in [0.05, 0.1) is 26.7 Å². The molecule has 1 atom stereocenters. The molecule has 0 spiro atoms.